The molecule has 0 unspecified atom stereocenters. The summed E-state index contributed by atoms with van der Waals surface area (Å²) in [4.78, 5) is 2.27. The number of hydrogen-bond donors (Lipinski definition) is 0. The van der Waals surface area contributed by atoms with E-state index in [-0.39, 0.29) is 98.1 Å². The summed E-state index contributed by atoms with van der Waals surface area (Å²) in [6.45, 7) is 2.15. The third kappa shape index (κ3) is 4.27. The minimum absolute atomic E-state index is 0. The molecule has 0 saturated carbocycles. The Kier molecular flexibility index (Phi) is 9.59. The summed E-state index contributed by atoms with van der Waals surface area (Å²) in [5.74, 6) is 0. The fourth-order valence-electron chi connectivity index (χ4n) is 2.44. The van der Waals surface area contributed by atoms with Crippen LogP contribution in [-0.2, 0) is 105 Å². The standard InChI is InChI=1S/C15H14N.3Y/c1-11-7-8-15-13(9-11)10-12-5-3-4-6-14(12)16(15)2;;;/h4-9H,10H2,1-2H3;;;/q-1;;;. The summed E-state index contributed by atoms with van der Waals surface area (Å²) in [5.41, 5.74) is 6.73. The number of rotatable bonds is 0. The van der Waals surface area contributed by atoms with Crippen LogP contribution in [0.3, 0.4) is 0 Å². The summed E-state index contributed by atoms with van der Waals surface area (Å²) in [7, 11) is 2.13. The van der Waals surface area contributed by atoms with E-state index in [2.05, 4.69) is 55.3 Å². The van der Waals surface area contributed by atoms with Crippen LogP contribution >= 0.6 is 0 Å². The largest absolute Gasteiger partial charge is 0.367 e. The van der Waals surface area contributed by atoms with Crippen molar-refractivity contribution < 1.29 is 98.1 Å². The minimum Gasteiger partial charge on any atom is -0.367 e. The Bertz CT molecular complexity index is 555. The predicted molar refractivity (Wildman–Crippen MR) is 67.3 cm³/mol. The summed E-state index contributed by atoms with van der Waals surface area (Å²) in [6, 6.07) is 16.0. The van der Waals surface area contributed by atoms with Gasteiger partial charge in [0.05, 0.1) is 0 Å². The molecule has 1 heterocycles. The molecule has 89 valence electrons. The van der Waals surface area contributed by atoms with Gasteiger partial charge in [-0.05, 0) is 25.0 Å². The van der Waals surface area contributed by atoms with Gasteiger partial charge in [0.1, 0.15) is 0 Å². The van der Waals surface area contributed by atoms with Crippen LogP contribution in [0.4, 0.5) is 11.4 Å². The van der Waals surface area contributed by atoms with Crippen molar-refractivity contribution in [1.29, 1.82) is 0 Å². The molecular formula is C15H14NY3-. The first kappa shape index (κ1) is 20.6. The van der Waals surface area contributed by atoms with E-state index in [0.29, 0.717) is 0 Å². The van der Waals surface area contributed by atoms with Crippen molar-refractivity contribution >= 4 is 11.4 Å². The van der Waals surface area contributed by atoms with Crippen molar-refractivity contribution in [2.75, 3.05) is 11.9 Å². The quantitative estimate of drug-likeness (QED) is 0.529. The first-order valence-corrected chi connectivity index (χ1v) is 5.58. The van der Waals surface area contributed by atoms with Crippen LogP contribution in [0.2, 0.25) is 0 Å². The predicted octanol–water partition coefficient (Wildman–Crippen LogP) is 3.46. The third-order valence-electron chi connectivity index (χ3n) is 3.26. The molecule has 1 aliphatic heterocycles. The maximum atomic E-state index is 3.16. The van der Waals surface area contributed by atoms with Crippen LogP contribution in [0.5, 0.6) is 0 Å². The van der Waals surface area contributed by atoms with Gasteiger partial charge >= 0.3 is 0 Å². The smallest absolute Gasteiger partial charge is 0.0415 e. The van der Waals surface area contributed by atoms with E-state index in [9.17, 15) is 0 Å². The summed E-state index contributed by atoms with van der Waals surface area (Å²) >= 11 is 0. The number of hydrogen-bond acceptors (Lipinski definition) is 1. The van der Waals surface area contributed by atoms with Gasteiger partial charge in [-0.25, -0.2) is 0 Å². The molecule has 3 radical (unpaired) electrons. The molecule has 0 aromatic heterocycles. The first-order valence-electron chi connectivity index (χ1n) is 5.58. The van der Waals surface area contributed by atoms with Gasteiger partial charge in [-0.1, -0.05) is 23.4 Å². The molecule has 0 atom stereocenters. The van der Waals surface area contributed by atoms with Gasteiger partial charge in [-0.3, -0.25) is 0 Å². The van der Waals surface area contributed by atoms with Gasteiger partial charge in [0, 0.05) is 111 Å². The second-order valence-electron chi connectivity index (χ2n) is 4.42. The summed E-state index contributed by atoms with van der Waals surface area (Å²) in [5, 5.41) is 0. The number of benzene rings is 2. The van der Waals surface area contributed by atoms with Crippen LogP contribution in [0.1, 0.15) is 16.7 Å². The second kappa shape index (κ2) is 8.86. The van der Waals surface area contributed by atoms with Crippen molar-refractivity contribution in [2.45, 2.75) is 13.3 Å². The SMILES string of the molecule is Cc1ccc2c(c1)Cc1c[c-]ccc1N2C.[Y].[Y].[Y]. The van der Waals surface area contributed by atoms with E-state index in [4.69, 9.17) is 0 Å². The number of nitrogens with zero attached hydrogens (tertiary/aromatic N) is 1. The van der Waals surface area contributed by atoms with E-state index >= 15 is 0 Å². The maximum absolute atomic E-state index is 3.16. The molecule has 4 heteroatoms. The zero-order valence-corrected chi connectivity index (χ0v) is 19.9. The Hall–Kier alpha value is 1.55. The van der Waals surface area contributed by atoms with Gasteiger partial charge in [0.2, 0.25) is 0 Å². The average Bonchev–Trinajstić information content (AvgIpc) is 2.29. The average molecular weight is 475 g/mol. The molecule has 1 aliphatic rings. The molecule has 0 N–H and O–H groups in total. The Morgan fingerprint density at radius 2 is 1.68 bits per heavy atom. The Balaban J connectivity index is 0.00000108. The van der Waals surface area contributed by atoms with Gasteiger partial charge in [-0.15, -0.1) is 11.6 Å². The van der Waals surface area contributed by atoms with Crippen molar-refractivity contribution in [3.63, 3.8) is 0 Å². The molecule has 0 fully saturated rings. The molecule has 1 nitrogen and oxygen atoms in total. The van der Waals surface area contributed by atoms with Crippen molar-refractivity contribution in [2.24, 2.45) is 0 Å². The molecule has 0 aliphatic carbocycles. The van der Waals surface area contributed by atoms with Crippen molar-refractivity contribution in [3.8, 4) is 0 Å². The molecule has 3 rings (SSSR count). The Morgan fingerprint density at radius 3 is 2.42 bits per heavy atom. The summed E-state index contributed by atoms with van der Waals surface area (Å²) in [6.07, 6.45) is 1.02. The van der Waals surface area contributed by atoms with Crippen molar-refractivity contribution in [1.82, 2.24) is 0 Å². The van der Waals surface area contributed by atoms with Crippen LogP contribution in [0.25, 0.3) is 0 Å². The van der Waals surface area contributed by atoms with E-state index in [0.717, 1.165) is 6.42 Å². The molecular weight excluding hydrogens is 461 g/mol. The van der Waals surface area contributed by atoms with Crippen LogP contribution in [-0.4, -0.2) is 7.05 Å². The zero-order valence-electron chi connectivity index (χ0n) is 11.4. The van der Waals surface area contributed by atoms with E-state index < -0.39 is 0 Å². The molecule has 0 saturated heterocycles. The van der Waals surface area contributed by atoms with Gasteiger partial charge in [-0.2, -0.15) is 18.2 Å². The van der Waals surface area contributed by atoms with E-state index in [1.54, 1.807) is 0 Å². The molecule has 0 amide bonds. The monoisotopic (exact) mass is 475 g/mol. The van der Waals surface area contributed by atoms with Gasteiger partial charge in [0.15, 0.2) is 0 Å². The third-order valence-corrected chi connectivity index (χ3v) is 3.26. The van der Waals surface area contributed by atoms with Crippen LogP contribution in [0, 0.1) is 13.0 Å². The molecule has 0 spiro atoms. The Morgan fingerprint density at radius 1 is 1.00 bits per heavy atom. The van der Waals surface area contributed by atoms with Gasteiger partial charge in [0.25, 0.3) is 0 Å². The zero-order chi connectivity index (χ0) is 11.1. The second-order valence-corrected chi connectivity index (χ2v) is 4.42. The first-order chi connectivity index (χ1) is 7.75. The van der Waals surface area contributed by atoms with Crippen LogP contribution in [0.15, 0.2) is 36.4 Å². The number of anilines is 2. The van der Waals surface area contributed by atoms with Gasteiger partial charge < -0.3 is 4.90 Å². The fraction of sp³-hybridized carbons (Fsp3) is 0.200. The molecule has 2 aromatic rings. The minimum atomic E-state index is 0. The van der Waals surface area contributed by atoms with E-state index in [1.165, 1.54) is 28.1 Å². The maximum Gasteiger partial charge on any atom is 0.0415 e. The summed E-state index contributed by atoms with van der Waals surface area (Å²) < 4.78 is 0. The van der Waals surface area contributed by atoms with Crippen molar-refractivity contribution in [3.05, 3.63) is 59.2 Å². The normalized spacial score (nSPS) is 11.2. The topological polar surface area (TPSA) is 3.24 Å². The number of fused-ring (bicyclic) bond motifs is 2. The fourth-order valence-corrected chi connectivity index (χ4v) is 2.44. The Labute approximate surface area is 190 Å². The molecule has 19 heavy (non-hydrogen) atoms. The molecule has 0 bridgehead atoms. The number of aryl methyl sites for hydroxylation is 1. The molecule has 2 aromatic carbocycles. The van der Waals surface area contributed by atoms with Crippen LogP contribution < -0.4 is 4.90 Å². The van der Waals surface area contributed by atoms with E-state index in [1.807, 2.05) is 6.07 Å².